The Morgan fingerprint density at radius 3 is 2.03 bits per heavy atom. The summed E-state index contributed by atoms with van der Waals surface area (Å²) in [5.41, 5.74) is 4.02. The molecule has 0 unspecified atom stereocenters. The Balaban J connectivity index is 1.56. The van der Waals surface area contributed by atoms with Crippen LogP contribution in [0.5, 0.6) is 17.2 Å². The van der Waals surface area contributed by atoms with Crippen molar-refractivity contribution >= 4 is 18.0 Å². The van der Waals surface area contributed by atoms with Crippen LogP contribution in [-0.4, -0.2) is 32.8 Å². The minimum Gasteiger partial charge on any atom is -0.493 e. The molecule has 0 amide bonds. The van der Waals surface area contributed by atoms with E-state index in [9.17, 15) is 9.59 Å². The van der Waals surface area contributed by atoms with Crippen molar-refractivity contribution in [3.8, 4) is 28.4 Å². The number of carbonyl (C=O) groups is 2. The second-order valence-corrected chi connectivity index (χ2v) is 7.16. The van der Waals surface area contributed by atoms with E-state index in [1.807, 2.05) is 30.3 Å². The number of ether oxygens (including phenoxy) is 4. The molecule has 0 N–H and O–H groups in total. The van der Waals surface area contributed by atoms with Gasteiger partial charge in [0.25, 0.3) is 0 Å². The molecular formula is C27H26O6. The molecule has 6 nitrogen and oxygen atoms in total. The first kappa shape index (κ1) is 23.6. The highest BCUT2D eigenvalue weighted by atomic mass is 16.6. The van der Waals surface area contributed by atoms with Crippen molar-refractivity contribution in [2.45, 2.75) is 13.3 Å². The van der Waals surface area contributed by atoms with Gasteiger partial charge in [-0.2, -0.15) is 0 Å². The van der Waals surface area contributed by atoms with Crippen molar-refractivity contribution in [3.63, 3.8) is 0 Å². The molecule has 0 heterocycles. The van der Waals surface area contributed by atoms with E-state index in [0.29, 0.717) is 23.5 Å². The standard InChI is InChI=1S/C27H26O6/c1-19(28)33-27-24(30-2)17-21(18-25(27)31-3)11-14-26(29)32-16-15-20-9-12-23(13-10-20)22-7-5-4-6-8-22/h4-14,17-18H,15-16H2,1-3H3. The van der Waals surface area contributed by atoms with Gasteiger partial charge in [0.1, 0.15) is 0 Å². The van der Waals surface area contributed by atoms with Crippen LogP contribution in [0.2, 0.25) is 0 Å². The molecular weight excluding hydrogens is 420 g/mol. The van der Waals surface area contributed by atoms with Crippen molar-refractivity contribution in [1.82, 2.24) is 0 Å². The molecule has 0 saturated carbocycles. The van der Waals surface area contributed by atoms with Crippen molar-refractivity contribution < 1.29 is 28.5 Å². The summed E-state index contributed by atoms with van der Waals surface area (Å²) in [4.78, 5) is 23.5. The average Bonchev–Trinajstić information content (AvgIpc) is 2.83. The van der Waals surface area contributed by atoms with Gasteiger partial charge < -0.3 is 18.9 Å². The Morgan fingerprint density at radius 2 is 1.45 bits per heavy atom. The SMILES string of the molecule is COc1cc(C=CC(=O)OCCc2ccc(-c3ccccc3)cc2)cc(OC)c1OC(C)=O. The molecule has 0 fully saturated rings. The quantitative estimate of drug-likeness (QED) is 0.259. The van der Waals surface area contributed by atoms with Gasteiger partial charge in [-0.05, 0) is 40.5 Å². The zero-order valence-electron chi connectivity index (χ0n) is 18.9. The molecule has 0 atom stereocenters. The first-order chi connectivity index (χ1) is 16.0. The Kier molecular flexibility index (Phi) is 8.24. The van der Waals surface area contributed by atoms with Crippen LogP contribution in [0.25, 0.3) is 17.2 Å². The summed E-state index contributed by atoms with van der Waals surface area (Å²) >= 11 is 0. The van der Waals surface area contributed by atoms with Crippen LogP contribution in [0.15, 0.2) is 72.8 Å². The molecule has 3 rings (SSSR count). The number of hydrogen-bond acceptors (Lipinski definition) is 6. The maximum Gasteiger partial charge on any atom is 0.330 e. The Hall–Kier alpha value is -4.06. The molecule has 0 saturated heterocycles. The van der Waals surface area contributed by atoms with Crippen LogP contribution in [0.1, 0.15) is 18.1 Å². The normalized spacial score (nSPS) is 10.6. The summed E-state index contributed by atoms with van der Waals surface area (Å²) in [6.45, 7) is 1.56. The molecule has 0 bridgehead atoms. The molecule has 3 aromatic carbocycles. The van der Waals surface area contributed by atoms with E-state index in [-0.39, 0.29) is 12.4 Å². The highest BCUT2D eigenvalue weighted by Gasteiger charge is 2.15. The maximum atomic E-state index is 12.1. The molecule has 3 aromatic rings. The fourth-order valence-electron chi connectivity index (χ4n) is 3.22. The third kappa shape index (κ3) is 6.71. The summed E-state index contributed by atoms with van der Waals surface area (Å²) in [5.74, 6) is -0.135. The molecule has 0 radical (unpaired) electrons. The van der Waals surface area contributed by atoms with Gasteiger partial charge in [-0.25, -0.2) is 4.79 Å². The molecule has 0 aliphatic rings. The Labute approximate surface area is 193 Å². The average molecular weight is 446 g/mol. The second-order valence-electron chi connectivity index (χ2n) is 7.16. The largest absolute Gasteiger partial charge is 0.493 e. The van der Waals surface area contributed by atoms with E-state index in [1.54, 1.807) is 18.2 Å². The van der Waals surface area contributed by atoms with Crippen LogP contribution in [0.3, 0.4) is 0 Å². The maximum absolute atomic E-state index is 12.1. The van der Waals surface area contributed by atoms with E-state index in [1.165, 1.54) is 27.2 Å². The lowest BCUT2D eigenvalue weighted by atomic mass is 10.0. The third-order valence-corrected chi connectivity index (χ3v) is 4.84. The van der Waals surface area contributed by atoms with Crippen molar-refractivity contribution in [2.24, 2.45) is 0 Å². The Bertz CT molecular complexity index is 1090. The van der Waals surface area contributed by atoms with Gasteiger partial charge in [0.15, 0.2) is 11.5 Å². The molecule has 6 heteroatoms. The number of benzene rings is 3. The predicted molar refractivity (Wildman–Crippen MR) is 126 cm³/mol. The summed E-state index contributed by atoms with van der Waals surface area (Å²) in [6.07, 6.45) is 3.53. The first-order valence-electron chi connectivity index (χ1n) is 10.4. The zero-order valence-corrected chi connectivity index (χ0v) is 18.9. The first-order valence-corrected chi connectivity index (χ1v) is 10.4. The minimum atomic E-state index is -0.492. The molecule has 170 valence electrons. The second kappa shape index (κ2) is 11.5. The smallest absolute Gasteiger partial charge is 0.330 e. The van der Waals surface area contributed by atoms with Crippen molar-refractivity contribution in [2.75, 3.05) is 20.8 Å². The topological polar surface area (TPSA) is 71.1 Å². The third-order valence-electron chi connectivity index (χ3n) is 4.84. The van der Waals surface area contributed by atoms with E-state index in [4.69, 9.17) is 18.9 Å². The van der Waals surface area contributed by atoms with Crippen LogP contribution in [0.4, 0.5) is 0 Å². The van der Waals surface area contributed by atoms with Gasteiger partial charge in [0, 0.05) is 19.4 Å². The predicted octanol–water partition coefficient (Wildman–Crippen LogP) is 5.10. The summed E-state index contributed by atoms with van der Waals surface area (Å²) < 4.78 is 21.0. The van der Waals surface area contributed by atoms with Crippen LogP contribution < -0.4 is 14.2 Å². The highest BCUT2D eigenvalue weighted by Crippen LogP contribution is 2.39. The molecule has 33 heavy (non-hydrogen) atoms. The molecule has 0 aromatic heterocycles. The van der Waals surface area contributed by atoms with Crippen LogP contribution in [-0.2, 0) is 20.7 Å². The van der Waals surface area contributed by atoms with E-state index in [2.05, 4.69) is 24.3 Å². The van der Waals surface area contributed by atoms with Gasteiger partial charge in [-0.1, -0.05) is 54.6 Å². The van der Waals surface area contributed by atoms with Crippen LogP contribution >= 0.6 is 0 Å². The van der Waals surface area contributed by atoms with E-state index >= 15 is 0 Å². The van der Waals surface area contributed by atoms with Gasteiger partial charge in [-0.15, -0.1) is 0 Å². The zero-order chi connectivity index (χ0) is 23.6. The van der Waals surface area contributed by atoms with Gasteiger partial charge in [0.2, 0.25) is 5.75 Å². The molecule has 0 aliphatic heterocycles. The number of hydrogen-bond donors (Lipinski definition) is 0. The number of carbonyl (C=O) groups excluding carboxylic acids is 2. The van der Waals surface area contributed by atoms with Crippen LogP contribution in [0, 0.1) is 0 Å². The fourth-order valence-corrected chi connectivity index (χ4v) is 3.22. The minimum absolute atomic E-state index is 0.186. The Morgan fingerprint density at radius 1 is 0.848 bits per heavy atom. The van der Waals surface area contributed by atoms with Gasteiger partial charge in [-0.3, -0.25) is 4.79 Å². The fraction of sp³-hybridized carbons (Fsp3) is 0.185. The molecule has 0 spiro atoms. The lowest BCUT2D eigenvalue weighted by Crippen LogP contribution is -2.05. The van der Waals surface area contributed by atoms with Gasteiger partial charge in [0.05, 0.1) is 20.8 Å². The van der Waals surface area contributed by atoms with Crippen molar-refractivity contribution in [3.05, 3.63) is 83.9 Å². The lowest BCUT2D eigenvalue weighted by molar-refractivity contribution is -0.137. The number of esters is 2. The summed E-state index contributed by atoms with van der Waals surface area (Å²) in [5, 5.41) is 0. The lowest BCUT2D eigenvalue weighted by Gasteiger charge is -2.13. The monoisotopic (exact) mass is 446 g/mol. The van der Waals surface area contributed by atoms with Gasteiger partial charge >= 0.3 is 11.9 Å². The van der Waals surface area contributed by atoms with E-state index < -0.39 is 11.9 Å². The van der Waals surface area contributed by atoms with Crippen molar-refractivity contribution in [1.29, 1.82) is 0 Å². The highest BCUT2D eigenvalue weighted by molar-refractivity contribution is 5.87. The van der Waals surface area contributed by atoms with E-state index in [0.717, 1.165) is 16.7 Å². The summed E-state index contributed by atoms with van der Waals surface area (Å²) in [6, 6.07) is 21.6. The number of rotatable bonds is 9. The number of methoxy groups -OCH3 is 2. The summed E-state index contributed by atoms with van der Waals surface area (Å²) in [7, 11) is 2.91. The molecule has 0 aliphatic carbocycles.